The molecule has 4 rings (SSSR count). The van der Waals surface area contributed by atoms with Gasteiger partial charge in [0.15, 0.2) is 0 Å². The molecule has 3 fully saturated rings. The zero-order valence-corrected chi connectivity index (χ0v) is 21.1. The predicted octanol–water partition coefficient (Wildman–Crippen LogP) is 2.50. The van der Waals surface area contributed by atoms with Crippen molar-refractivity contribution >= 4 is 39.3 Å². The van der Waals surface area contributed by atoms with Crippen LogP contribution in [0.25, 0.3) is 0 Å². The van der Waals surface area contributed by atoms with Crippen LogP contribution in [-0.2, 0) is 20.5 Å². The Hall–Kier alpha value is -2.41. The van der Waals surface area contributed by atoms with Gasteiger partial charge in [-0.2, -0.15) is 13.2 Å². The van der Waals surface area contributed by atoms with E-state index in [1.165, 1.54) is 22.8 Å². The molecule has 13 heteroatoms. The van der Waals surface area contributed by atoms with Crippen molar-refractivity contribution in [2.24, 2.45) is 5.92 Å². The Kier molecular flexibility index (Phi) is 7.79. The minimum atomic E-state index is -4.73. The molecule has 1 aromatic rings. The Morgan fingerprint density at radius 3 is 2.56 bits per heavy atom. The highest BCUT2D eigenvalue weighted by molar-refractivity contribution is 9.10. The van der Waals surface area contributed by atoms with Gasteiger partial charge in [0.2, 0.25) is 11.8 Å². The highest BCUT2D eigenvalue weighted by atomic mass is 79.9. The average Bonchev–Trinajstić information content (AvgIpc) is 3.28. The number of anilines is 1. The second kappa shape index (κ2) is 10.5. The van der Waals surface area contributed by atoms with E-state index in [4.69, 9.17) is 4.74 Å². The number of piperidine rings is 1. The van der Waals surface area contributed by atoms with E-state index >= 15 is 0 Å². The number of morpholine rings is 1. The lowest BCUT2D eigenvalue weighted by atomic mass is 9.89. The molecule has 3 aliphatic rings. The Balaban J connectivity index is 1.58. The average molecular weight is 579 g/mol. The lowest BCUT2D eigenvalue weighted by molar-refractivity contribution is -0.137. The first kappa shape index (κ1) is 26.6. The van der Waals surface area contributed by atoms with Crippen LogP contribution in [0.2, 0.25) is 0 Å². The minimum Gasteiger partial charge on any atom is -0.378 e. The van der Waals surface area contributed by atoms with Crippen LogP contribution in [0.1, 0.15) is 35.7 Å². The smallest absolute Gasteiger partial charge is 0.378 e. The number of carbonyl (C=O) groups is 3. The van der Waals surface area contributed by atoms with Gasteiger partial charge in [-0.1, -0.05) is 15.9 Å². The molecule has 0 radical (unpaired) electrons. The molecule has 0 aliphatic carbocycles. The topological polar surface area (TPSA) is 91.0 Å². The van der Waals surface area contributed by atoms with E-state index < -0.39 is 53.6 Å². The molecule has 3 unspecified atom stereocenters. The maximum atomic E-state index is 14.6. The summed E-state index contributed by atoms with van der Waals surface area (Å²) >= 11 is 3.11. The Morgan fingerprint density at radius 1 is 1.19 bits per heavy atom. The van der Waals surface area contributed by atoms with Crippen molar-refractivity contribution in [3.8, 4) is 0 Å². The molecule has 3 saturated heterocycles. The fourth-order valence-corrected chi connectivity index (χ4v) is 5.39. The summed E-state index contributed by atoms with van der Waals surface area (Å²) in [6.07, 6.45) is -6.29. The molecule has 1 aromatic carbocycles. The summed E-state index contributed by atoms with van der Waals surface area (Å²) in [7, 11) is 0. The lowest BCUT2D eigenvalue weighted by Gasteiger charge is -2.32. The van der Waals surface area contributed by atoms with Crippen LogP contribution in [0.4, 0.5) is 23.2 Å². The molecule has 0 saturated carbocycles. The van der Waals surface area contributed by atoms with Crippen molar-refractivity contribution in [2.75, 3.05) is 44.3 Å². The van der Waals surface area contributed by atoms with E-state index in [-0.39, 0.29) is 48.3 Å². The number of ether oxygens (including phenoxy) is 1. The molecule has 8 nitrogen and oxygen atoms in total. The summed E-state index contributed by atoms with van der Waals surface area (Å²) in [5.41, 5.74) is -1.29. The minimum absolute atomic E-state index is 0.00522. The highest BCUT2D eigenvalue weighted by Gasteiger charge is 2.42. The maximum Gasteiger partial charge on any atom is 0.418 e. The third kappa shape index (κ3) is 5.61. The largest absolute Gasteiger partial charge is 0.418 e. The fraction of sp³-hybridized carbons (Fsp3) is 0.609. The summed E-state index contributed by atoms with van der Waals surface area (Å²) in [4.78, 5) is 40.7. The zero-order valence-electron chi connectivity index (χ0n) is 19.5. The van der Waals surface area contributed by atoms with E-state index in [1.807, 2.05) is 0 Å². The van der Waals surface area contributed by atoms with Crippen LogP contribution < -0.4 is 15.5 Å². The number of benzene rings is 1. The molecular weight excluding hydrogens is 552 g/mol. The third-order valence-electron chi connectivity index (χ3n) is 6.75. The van der Waals surface area contributed by atoms with Crippen molar-refractivity contribution in [3.05, 3.63) is 27.7 Å². The van der Waals surface area contributed by atoms with Crippen molar-refractivity contribution in [1.82, 2.24) is 15.5 Å². The monoisotopic (exact) mass is 578 g/mol. The van der Waals surface area contributed by atoms with Gasteiger partial charge in [-0.25, -0.2) is 4.39 Å². The number of alkyl halides is 4. The van der Waals surface area contributed by atoms with Crippen LogP contribution in [0, 0.1) is 5.92 Å². The van der Waals surface area contributed by atoms with Gasteiger partial charge in [-0.3, -0.25) is 14.4 Å². The first-order chi connectivity index (χ1) is 17.0. The van der Waals surface area contributed by atoms with Crippen LogP contribution in [0.3, 0.4) is 0 Å². The molecule has 3 aliphatic heterocycles. The van der Waals surface area contributed by atoms with Gasteiger partial charge >= 0.3 is 6.18 Å². The van der Waals surface area contributed by atoms with Crippen LogP contribution in [0.15, 0.2) is 16.6 Å². The molecule has 4 atom stereocenters. The van der Waals surface area contributed by atoms with E-state index in [0.717, 1.165) is 6.07 Å². The summed E-state index contributed by atoms with van der Waals surface area (Å²) in [5.74, 6) is -2.78. The van der Waals surface area contributed by atoms with E-state index in [0.29, 0.717) is 19.6 Å². The SMILES string of the molecule is CC1NC(=O)CC(C(=O)N[C@@H]2CCN(c3c(C(=O)N4CCOCC4)cc(Br)cc3C(F)(F)F)C2)C1F. The Labute approximate surface area is 213 Å². The quantitative estimate of drug-likeness (QED) is 0.536. The molecule has 0 aromatic heterocycles. The van der Waals surface area contributed by atoms with Crippen molar-refractivity contribution in [3.63, 3.8) is 0 Å². The molecule has 3 amide bonds. The summed E-state index contributed by atoms with van der Waals surface area (Å²) in [6.45, 7) is 2.76. The van der Waals surface area contributed by atoms with Gasteiger partial charge in [-0.15, -0.1) is 0 Å². The third-order valence-corrected chi connectivity index (χ3v) is 7.21. The summed E-state index contributed by atoms with van der Waals surface area (Å²) < 4.78 is 62.2. The summed E-state index contributed by atoms with van der Waals surface area (Å²) in [5, 5.41) is 5.15. The second-order valence-electron chi connectivity index (χ2n) is 9.30. The molecule has 2 N–H and O–H groups in total. The number of nitrogens with one attached hydrogen (secondary N) is 2. The Bertz CT molecular complexity index is 1030. The fourth-order valence-electron chi connectivity index (χ4n) is 4.94. The molecule has 36 heavy (non-hydrogen) atoms. The van der Waals surface area contributed by atoms with E-state index in [9.17, 15) is 31.9 Å². The zero-order chi connectivity index (χ0) is 26.2. The maximum absolute atomic E-state index is 14.6. The molecule has 3 heterocycles. The van der Waals surface area contributed by atoms with Crippen molar-refractivity contribution < 1.29 is 36.7 Å². The number of rotatable bonds is 4. The van der Waals surface area contributed by atoms with Gasteiger partial charge in [0.05, 0.1) is 42.0 Å². The summed E-state index contributed by atoms with van der Waals surface area (Å²) in [6, 6.07) is 0.936. The number of halogens is 5. The number of hydrogen-bond acceptors (Lipinski definition) is 5. The Morgan fingerprint density at radius 2 is 1.89 bits per heavy atom. The van der Waals surface area contributed by atoms with Gasteiger partial charge < -0.3 is 25.2 Å². The molecular formula is C23H27BrF4N4O4. The first-order valence-corrected chi connectivity index (χ1v) is 12.5. The van der Waals surface area contributed by atoms with Crippen molar-refractivity contribution in [1.29, 1.82) is 0 Å². The van der Waals surface area contributed by atoms with Crippen LogP contribution in [0.5, 0.6) is 0 Å². The van der Waals surface area contributed by atoms with Gasteiger partial charge in [-0.05, 0) is 25.5 Å². The van der Waals surface area contributed by atoms with E-state index in [2.05, 4.69) is 26.6 Å². The standard InChI is InChI=1S/C23H27BrF4N4O4/c1-12-19(25)15(10-18(33)29-12)21(34)30-14-2-3-32(11-14)20-16(22(35)31-4-6-36-7-5-31)8-13(24)9-17(20)23(26,27)28/h8-9,12,14-15,19H,2-7,10-11H2,1H3,(H,29,33)(H,30,34)/t12?,14-,15?,19?/m1/s1. The second-order valence-corrected chi connectivity index (χ2v) is 10.2. The number of nitrogens with zero attached hydrogens (tertiary/aromatic N) is 2. The molecule has 198 valence electrons. The molecule has 0 bridgehead atoms. The predicted molar refractivity (Wildman–Crippen MR) is 125 cm³/mol. The number of carbonyl (C=O) groups excluding carboxylic acids is 3. The van der Waals surface area contributed by atoms with Crippen LogP contribution in [-0.4, -0.2) is 80.3 Å². The molecule has 0 spiro atoms. The number of amides is 3. The van der Waals surface area contributed by atoms with Crippen LogP contribution >= 0.6 is 15.9 Å². The van der Waals surface area contributed by atoms with Gasteiger partial charge in [0.25, 0.3) is 5.91 Å². The normalized spacial score (nSPS) is 27.1. The number of hydrogen-bond donors (Lipinski definition) is 2. The highest BCUT2D eigenvalue weighted by Crippen LogP contribution is 2.42. The van der Waals surface area contributed by atoms with Gasteiger partial charge in [0.1, 0.15) is 6.17 Å². The first-order valence-electron chi connectivity index (χ1n) is 11.7. The lowest BCUT2D eigenvalue weighted by Crippen LogP contribution is -2.54. The van der Waals surface area contributed by atoms with Gasteiger partial charge in [0, 0.05) is 43.1 Å². The van der Waals surface area contributed by atoms with E-state index in [1.54, 1.807) is 0 Å². The van der Waals surface area contributed by atoms with Crippen molar-refractivity contribution in [2.45, 2.75) is 44.2 Å².